The average Bonchev–Trinajstić information content (AvgIpc) is 2.91. The highest BCUT2D eigenvalue weighted by Gasteiger charge is 2.27. The van der Waals surface area contributed by atoms with E-state index in [-0.39, 0.29) is 10.5 Å². The van der Waals surface area contributed by atoms with E-state index in [0.717, 1.165) is 47.2 Å². The summed E-state index contributed by atoms with van der Waals surface area (Å²) in [6.07, 6.45) is 7.61. The van der Waals surface area contributed by atoms with E-state index in [9.17, 15) is 9.59 Å². The van der Waals surface area contributed by atoms with Crippen LogP contribution in [0.2, 0.25) is 0 Å². The first-order valence-corrected chi connectivity index (χ1v) is 10.0. The van der Waals surface area contributed by atoms with Gasteiger partial charge in [0.25, 0.3) is 0 Å². The van der Waals surface area contributed by atoms with Crippen molar-refractivity contribution >= 4 is 46.4 Å². The number of carbonyl (C=O) groups is 2. The van der Waals surface area contributed by atoms with Gasteiger partial charge in [0.2, 0.25) is 0 Å². The van der Waals surface area contributed by atoms with E-state index in [0.29, 0.717) is 24.4 Å². The maximum atomic E-state index is 11.9. The predicted octanol–water partition coefficient (Wildman–Crippen LogP) is 3.75. The highest BCUT2D eigenvalue weighted by Crippen LogP contribution is 2.38. The topological polar surface area (TPSA) is 59.9 Å². The number of rotatable bonds is 4. The fourth-order valence-corrected chi connectivity index (χ4v) is 6.44. The van der Waals surface area contributed by atoms with E-state index in [4.69, 9.17) is 0 Å². The molecular formula is C14H18N2O2S3. The third-order valence-electron chi connectivity index (χ3n) is 3.87. The Labute approximate surface area is 136 Å². The van der Waals surface area contributed by atoms with Gasteiger partial charge in [-0.25, -0.2) is 0 Å². The van der Waals surface area contributed by atoms with Gasteiger partial charge in [-0.05, 0) is 25.7 Å². The van der Waals surface area contributed by atoms with Crippen molar-refractivity contribution < 1.29 is 9.59 Å². The molecule has 2 fully saturated rings. The van der Waals surface area contributed by atoms with Crippen LogP contribution in [0.1, 0.15) is 51.4 Å². The molecule has 114 valence electrons. The number of carbonyl (C=O) groups excluding carboxylic acids is 2. The number of thioether (sulfide) groups is 2. The number of ketones is 2. The molecule has 2 atom stereocenters. The van der Waals surface area contributed by atoms with Crippen molar-refractivity contribution in [3.05, 3.63) is 0 Å². The summed E-state index contributed by atoms with van der Waals surface area (Å²) in [5, 5.41) is 8.48. The molecule has 2 aliphatic rings. The first-order chi connectivity index (χ1) is 10.2. The summed E-state index contributed by atoms with van der Waals surface area (Å²) in [5.41, 5.74) is 0. The van der Waals surface area contributed by atoms with Gasteiger partial charge in [-0.3, -0.25) is 9.59 Å². The normalized spacial score (nSPS) is 27.0. The number of hydrogen-bond acceptors (Lipinski definition) is 7. The Bertz CT molecular complexity index is 488. The fourth-order valence-electron chi connectivity index (χ4n) is 2.69. The van der Waals surface area contributed by atoms with Gasteiger partial charge in [0.05, 0.1) is 10.5 Å². The van der Waals surface area contributed by atoms with Gasteiger partial charge in [0, 0.05) is 12.8 Å². The molecule has 21 heavy (non-hydrogen) atoms. The molecule has 0 bridgehead atoms. The molecule has 2 aliphatic carbocycles. The van der Waals surface area contributed by atoms with Crippen LogP contribution in [-0.2, 0) is 9.59 Å². The zero-order valence-corrected chi connectivity index (χ0v) is 14.2. The first kappa shape index (κ1) is 15.5. The van der Waals surface area contributed by atoms with Gasteiger partial charge in [-0.2, -0.15) is 0 Å². The minimum atomic E-state index is 0.0564. The second-order valence-corrected chi connectivity index (χ2v) is 9.35. The molecule has 1 heterocycles. The molecule has 1 aromatic rings. The Hall–Kier alpha value is -0.400. The van der Waals surface area contributed by atoms with Crippen molar-refractivity contribution in [2.24, 2.45) is 0 Å². The van der Waals surface area contributed by atoms with E-state index in [2.05, 4.69) is 10.2 Å². The van der Waals surface area contributed by atoms with Gasteiger partial charge in [0.15, 0.2) is 8.68 Å². The van der Waals surface area contributed by atoms with Crippen molar-refractivity contribution in [1.29, 1.82) is 0 Å². The second kappa shape index (κ2) is 7.24. The monoisotopic (exact) mass is 342 g/mol. The average molecular weight is 343 g/mol. The maximum Gasteiger partial charge on any atom is 0.175 e. The Balaban J connectivity index is 1.58. The third kappa shape index (κ3) is 4.07. The standard InChI is InChI=1S/C14H18N2O2S3/c17-9-5-1-3-7-11(9)19-13-15-16-14(21-13)20-12-8-4-2-6-10(12)18/h11-12H,1-8H2. The van der Waals surface area contributed by atoms with Crippen LogP contribution < -0.4 is 0 Å². The SMILES string of the molecule is O=C1CCCCC1Sc1nnc(SC2CCCCC2=O)s1. The van der Waals surface area contributed by atoms with Gasteiger partial charge >= 0.3 is 0 Å². The van der Waals surface area contributed by atoms with Gasteiger partial charge in [-0.1, -0.05) is 47.7 Å². The first-order valence-electron chi connectivity index (χ1n) is 7.44. The quantitative estimate of drug-likeness (QED) is 0.830. The van der Waals surface area contributed by atoms with Crippen molar-refractivity contribution in [3.8, 4) is 0 Å². The molecule has 0 aliphatic heterocycles. The minimum Gasteiger partial charge on any atom is -0.298 e. The third-order valence-corrected chi connectivity index (χ3v) is 7.59. The molecule has 4 nitrogen and oxygen atoms in total. The van der Waals surface area contributed by atoms with Crippen LogP contribution in [0, 0.1) is 0 Å². The van der Waals surface area contributed by atoms with Crippen LogP contribution in [0.15, 0.2) is 8.68 Å². The van der Waals surface area contributed by atoms with Gasteiger partial charge in [-0.15, -0.1) is 10.2 Å². The van der Waals surface area contributed by atoms with E-state index < -0.39 is 0 Å². The summed E-state index contributed by atoms with van der Waals surface area (Å²) < 4.78 is 1.72. The smallest absolute Gasteiger partial charge is 0.175 e. The van der Waals surface area contributed by atoms with E-state index in [1.165, 1.54) is 11.3 Å². The molecule has 0 radical (unpaired) electrons. The van der Waals surface area contributed by atoms with E-state index in [1.807, 2.05) is 0 Å². The van der Waals surface area contributed by atoms with Crippen LogP contribution in [0.3, 0.4) is 0 Å². The van der Waals surface area contributed by atoms with Crippen LogP contribution in [-0.4, -0.2) is 32.3 Å². The molecule has 0 N–H and O–H groups in total. The van der Waals surface area contributed by atoms with Crippen LogP contribution in [0.5, 0.6) is 0 Å². The number of hydrogen-bond donors (Lipinski definition) is 0. The van der Waals surface area contributed by atoms with Crippen LogP contribution in [0.25, 0.3) is 0 Å². The van der Waals surface area contributed by atoms with Crippen molar-refractivity contribution in [2.75, 3.05) is 0 Å². The zero-order valence-electron chi connectivity index (χ0n) is 11.7. The highest BCUT2D eigenvalue weighted by molar-refractivity contribution is 8.04. The summed E-state index contributed by atoms with van der Waals surface area (Å²) in [4.78, 5) is 23.7. The lowest BCUT2D eigenvalue weighted by molar-refractivity contribution is -0.120. The number of aromatic nitrogens is 2. The van der Waals surface area contributed by atoms with Crippen molar-refractivity contribution in [3.63, 3.8) is 0 Å². The predicted molar refractivity (Wildman–Crippen MR) is 86.1 cm³/mol. The van der Waals surface area contributed by atoms with Crippen LogP contribution >= 0.6 is 34.9 Å². The zero-order chi connectivity index (χ0) is 14.7. The Kier molecular flexibility index (Phi) is 5.34. The minimum absolute atomic E-state index is 0.0564. The lowest BCUT2D eigenvalue weighted by atomic mass is 9.99. The van der Waals surface area contributed by atoms with Crippen molar-refractivity contribution in [1.82, 2.24) is 10.2 Å². The molecule has 0 saturated heterocycles. The Morgan fingerprint density at radius 2 is 1.29 bits per heavy atom. The molecule has 3 rings (SSSR count). The molecule has 2 saturated carbocycles. The van der Waals surface area contributed by atoms with Gasteiger partial charge in [0.1, 0.15) is 11.6 Å². The number of nitrogens with zero attached hydrogens (tertiary/aromatic N) is 2. The molecule has 0 amide bonds. The maximum absolute atomic E-state index is 11.9. The molecule has 7 heteroatoms. The lowest BCUT2D eigenvalue weighted by Gasteiger charge is -2.18. The highest BCUT2D eigenvalue weighted by atomic mass is 32.2. The van der Waals surface area contributed by atoms with Crippen molar-refractivity contribution in [2.45, 2.75) is 70.5 Å². The summed E-state index contributed by atoms with van der Waals surface area (Å²) in [6, 6.07) is 0. The lowest BCUT2D eigenvalue weighted by Crippen LogP contribution is -2.21. The fraction of sp³-hybridized carbons (Fsp3) is 0.714. The molecular weight excluding hydrogens is 324 g/mol. The van der Waals surface area contributed by atoms with Gasteiger partial charge < -0.3 is 0 Å². The summed E-state index contributed by atoms with van der Waals surface area (Å²) >= 11 is 4.63. The molecule has 0 aromatic carbocycles. The molecule has 2 unspecified atom stereocenters. The Morgan fingerprint density at radius 3 is 1.71 bits per heavy atom. The number of Topliss-reactive ketones (excluding diaryl/α,β-unsaturated/α-hetero) is 2. The Morgan fingerprint density at radius 1 is 0.810 bits per heavy atom. The largest absolute Gasteiger partial charge is 0.298 e. The molecule has 1 aromatic heterocycles. The molecule has 0 spiro atoms. The summed E-state index contributed by atoms with van der Waals surface area (Å²) in [5.74, 6) is 0.691. The van der Waals surface area contributed by atoms with E-state index >= 15 is 0 Å². The summed E-state index contributed by atoms with van der Waals surface area (Å²) in [6.45, 7) is 0. The second-order valence-electron chi connectivity index (χ2n) is 5.47. The summed E-state index contributed by atoms with van der Waals surface area (Å²) in [7, 11) is 0. The van der Waals surface area contributed by atoms with Crippen LogP contribution in [0.4, 0.5) is 0 Å². The van der Waals surface area contributed by atoms with E-state index in [1.54, 1.807) is 23.5 Å².